The zero-order valence-electron chi connectivity index (χ0n) is 21.1. The van der Waals surface area contributed by atoms with Gasteiger partial charge in [0.25, 0.3) is 10.0 Å². The summed E-state index contributed by atoms with van der Waals surface area (Å²) in [4.78, 5) is 26.6. The third-order valence-corrected chi connectivity index (χ3v) is 8.78. The van der Waals surface area contributed by atoms with Crippen molar-refractivity contribution in [1.82, 2.24) is 4.98 Å². The Balaban J connectivity index is 0.000000559. The number of sulfonamides is 1. The summed E-state index contributed by atoms with van der Waals surface area (Å²) in [5.41, 5.74) is 1.66. The smallest absolute Gasteiger partial charge is 0.475 e. The molecule has 0 spiro atoms. The number of rotatable bonds is 6. The van der Waals surface area contributed by atoms with Crippen LogP contribution in [0, 0.1) is 25.6 Å². The first-order chi connectivity index (χ1) is 18.6. The number of aromatic nitrogens is 1. The van der Waals surface area contributed by atoms with Crippen LogP contribution in [0.3, 0.4) is 0 Å². The molecule has 0 atom stereocenters. The van der Waals surface area contributed by atoms with Gasteiger partial charge in [0, 0.05) is 10.9 Å². The lowest BCUT2D eigenvalue weighted by Gasteiger charge is -2.12. The van der Waals surface area contributed by atoms with Crippen molar-refractivity contribution >= 4 is 55.7 Å². The number of hydrogen-bond donors (Lipinski definition) is 3. The molecule has 1 aliphatic rings. The lowest BCUT2D eigenvalue weighted by Crippen LogP contribution is -2.21. The van der Waals surface area contributed by atoms with Crippen molar-refractivity contribution in [3.05, 3.63) is 58.5 Å². The molecule has 8 nitrogen and oxygen atoms in total. The first kappa shape index (κ1) is 31.3. The van der Waals surface area contributed by atoms with Crippen LogP contribution in [0.5, 0.6) is 0 Å². The topological polar surface area (TPSA) is 125 Å². The lowest BCUT2D eigenvalue weighted by molar-refractivity contribution is -0.192. The monoisotopic (exact) mass is 621 g/mol. The minimum absolute atomic E-state index is 0.0193. The number of amides is 1. The highest BCUT2D eigenvalue weighted by molar-refractivity contribution is 7.92. The molecular formula is C25H24ClF4N3O5S2. The fourth-order valence-corrected chi connectivity index (χ4v) is 6.38. The van der Waals surface area contributed by atoms with Crippen molar-refractivity contribution in [2.75, 3.05) is 10.0 Å². The number of benzene rings is 2. The van der Waals surface area contributed by atoms with Gasteiger partial charge in [-0.15, -0.1) is 0 Å². The first-order valence-corrected chi connectivity index (χ1v) is 14.4. The molecular weight excluding hydrogens is 598 g/mol. The summed E-state index contributed by atoms with van der Waals surface area (Å²) in [6.07, 6.45) is -1.17. The van der Waals surface area contributed by atoms with E-state index in [0.29, 0.717) is 22.0 Å². The third-order valence-electron chi connectivity index (χ3n) is 5.91. The second kappa shape index (κ2) is 12.5. The molecule has 1 aromatic heterocycles. The average Bonchev–Trinajstić information content (AvgIpc) is 3.51. The van der Waals surface area contributed by atoms with E-state index < -0.39 is 28.0 Å². The van der Waals surface area contributed by atoms with E-state index in [1.54, 1.807) is 19.1 Å². The zero-order chi connectivity index (χ0) is 29.8. The number of carboxylic acid groups (broad SMARTS) is 1. The predicted molar refractivity (Wildman–Crippen MR) is 144 cm³/mol. The maximum absolute atomic E-state index is 14.2. The van der Waals surface area contributed by atoms with E-state index in [4.69, 9.17) is 21.5 Å². The Morgan fingerprint density at radius 3 is 2.30 bits per heavy atom. The van der Waals surface area contributed by atoms with Gasteiger partial charge in [-0.25, -0.2) is 22.6 Å². The van der Waals surface area contributed by atoms with Crippen molar-refractivity contribution in [2.45, 2.75) is 50.6 Å². The second-order valence-electron chi connectivity index (χ2n) is 8.92. The molecule has 0 saturated heterocycles. The van der Waals surface area contributed by atoms with Gasteiger partial charge in [-0.1, -0.05) is 47.9 Å². The molecule has 0 bridgehead atoms. The number of alkyl halides is 3. The van der Waals surface area contributed by atoms with Crippen molar-refractivity contribution in [3.8, 4) is 10.4 Å². The average molecular weight is 622 g/mol. The highest BCUT2D eigenvalue weighted by atomic mass is 35.5. The number of hydrogen-bond acceptors (Lipinski definition) is 6. The molecule has 1 saturated carbocycles. The van der Waals surface area contributed by atoms with E-state index in [1.165, 1.54) is 29.5 Å². The van der Waals surface area contributed by atoms with E-state index in [1.807, 2.05) is 6.92 Å². The molecule has 1 heterocycles. The molecule has 0 aliphatic heterocycles. The van der Waals surface area contributed by atoms with Gasteiger partial charge in [-0.05, 0) is 62.1 Å². The summed E-state index contributed by atoms with van der Waals surface area (Å²) in [5, 5.41) is 10.7. The van der Waals surface area contributed by atoms with Crippen LogP contribution >= 0.6 is 22.9 Å². The Morgan fingerprint density at radius 2 is 1.73 bits per heavy atom. The fourth-order valence-electron chi connectivity index (χ4n) is 3.92. The molecule has 2 aromatic carbocycles. The maximum atomic E-state index is 14.2. The fraction of sp³-hybridized carbons (Fsp3) is 0.320. The molecule has 3 aromatic rings. The summed E-state index contributed by atoms with van der Waals surface area (Å²) < 4.78 is 74.3. The number of anilines is 2. The Hall–Kier alpha value is -3.23. The molecule has 3 N–H and O–H groups in total. The van der Waals surface area contributed by atoms with Crippen LogP contribution < -0.4 is 10.0 Å². The number of aliphatic carboxylic acids is 1. The molecule has 40 heavy (non-hydrogen) atoms. The summed E-state index contributed by atoms with van der Waals surface area (Å²) in [7, 11) is -4.06. The Morgan fingerprint density at radius 1 is 1.10 bits per heavy atom. The lowest BCUT2D eigenvalue weighted by atomic mass is 10.1. The highest BCUT2D eigenvalue weighted by Crippen LogP contribution is 2.36. The third kappa shape index (κ3) is 7.92. The number of aryl methyl sites for hydroxylation is 2. The van der Waals surface area contributed by atoms with E-state index in [9.17, 15) is 30.8 Å². The van der Waals surface area contributed by atoms with Gasteiger partial charge >= 0.3 is 12.1 Å². The maximum Gasteiger partial charge on any atom is 0.490 e. The van der Waals surface area contributed by atoms with E-state index in [2.05, 4.69) is 15.0 Å². The molecule has 1 fully saturated rings. The summed E-state index contributed by atoms with van der Waals surface area (Å²) in [6.45, 7) is 3.48. The van der Waals surface area contributed by atoms with Crippen LogP contribution in [0.1, 0.15) is 36.9 Å². The van der Waals surface area contributed by atoms with Gasteiger partial charge in [0.15, 0.2) is 5.13 Å². The first-order valence-electron chi connectivity index (χ1n) is 11.8. The van der Waals surface area contributed by atoms with E-state index in [-0.39, 0.29) is 27.4 Å². The van der Waals surface area contributed by atoms with Crippen LogP contribution in [0.4, 0.5) is 28.4 Å². The number of carboxylic acids is 1. The van der Waals surface area contributed by atoms with Crippen LogP contribution in [0.25, 0.3) is 10.4 Å². The Kier molecular flexibility index (Phi) is 9.80. The Labute approximate surface area is 236 Å². The van der Waals surface area contributed by atoms with Crippen molar-refractivity contribution in [1.29, 1.82) is 0 Å². The van der Waals surface area contributed by atoms with Crippen LogP contribution in [0.15, 0.2) is 41.3 Å². The standard InChI is InChI=1S/C23H23ClFN3O3S2.C2HF3O2/c1-13-7-8-16(11-20(13)33(30,31)28-19-10-9-17(24)12-18(19)25)21-14(2)26-23(32-21)27-22(29)15-5-3-4-6-15;3-2(4,5)1(6)7/h7-12,15,28H,3-6H2,1-2H3,(H,26,27,29);(H,6,7). The largest absolute Gasteiger partial charge is 0.490 e. The highest BCUT2D eigenvalue weighted by Gasteiger charge is 2.38. The van der Waals surface area contributed by atoms with Gasteiger partial charge < -0.3 is 10.4 Å². The van der Waals surface area contributed by atoms with Gasteiger partial charge in [0.05, 0.1) is 21.2 Å². The molecule has 1 aliphatic carbocycles. The van der Waals surface area contributed by atoms with E-state index >= 15 is 0 Å². The second-order valence-corrected chi connectivity index (χ2v) is 12.0. The van der Waals surface area contributed by atoms with Crippen molar-refractivity contribution < 1.29 is 40.7 Å². The van der Waals surface area contributed by atoms with Crippen LogP contribution in [-0.2, 0) is 19.6 Å². The minimum Gasteiger partial charge on any atom is -0.475 e. The molecule has 0 radical (unpaired) electrons. The minimum atomic E-state index is -5.08. The molecule has 1 amide bonds. The normalized spacial score (nSPS) is 13.9. The van der Waals surface area contributed by atoms with Crippen molar-refractivity contribution in [2.24, 2.45) is 5.92 Å². The predicted octanol–water partition coefficient (Wildman–Crippen LogP) is 6.78. The van der Waals surface area contributed by atoms with Gasteiger partial charge in [0.2, 0.25) is 5.91 Å². The SMILES string of the molecule is Cc1ccc(-c2sc(NC(=O)C3CCCC3)nc2C)cc1S(=O)(=O)Nc1ccc(Cl)cc1F.O=C(O)C(F)(F)F. The summed E-state index contributed by atoms with van der Waals surface area (Å²) in [5.74, 6) is -3.52. The summed E-state index contributed by atoms with van der Waals surface area (Å²) in [6, 6.07) is 8.77. The number of nitrogens with one attached hydrogen (secondary N) is 2. The van der Waals surface area contributed by atoms with Gasteiger partial charge in [0.1, 0.15) is 5.82 Å². The molecule has 4 rings (SSSR count). The number of thiazole rings is 1. The number of carbonyl (C=O) groups excluding carboxylic acids is 1. The molecule has 0 unspecified atom stereocenters. The van der Waals surface area contributed by atoms with Crippen LogP contribution in [-0.4, -0.2) is 36.6 Å². The summed E-state index contributed by atoms with van der Waals surface area (Å²) >= 11 is 7.06. The van der Waals surface area contributed by atoms with Gasteiger partial charge in [-0.2, -0.15) is 13.2 Å². The quantitative estimate of drug-likeness (QED) is 0.261. The number of nitrogens with zero attached hydrogens (tertiary/aromatic N) is 1. The number of halogens is 5. The zero-order valence-corrected chi connectivity index (χ0v) is 23.5. The Bertz CT molecular complexity index is 1520. The molecule has 216 valence electrons. The van der Waals surface area contributed by atoms with E-state index in [0.717, 1.165) is 36.6 Å². The van der Waals surface area contributed by atoms with Gasteiger partial charge in [-0.3, -0.25) is 9.52 Å². The van der Waals surface area contributed by atoms with Crippen molar-refractivity contribution in [3.63, 3.8) is 0 Å². The van der Waals surface area contributed by atoms with Crippen LogP contribution in [0.2, 0.25) is 5.02 Å². The number of carbonyl (C=O) groups is 2. The molecule has 15 heteroatoms.